The van der Waals surface area contributed by atoms with Gasteiger partial charge in [0.1, 0.15) is 5.54 Å². The molecular formula is C17H21BrN2. The van der Waals surface area contributed by atoms with Gasteiger partial charge in [-0.1, -0.05) is 25.0 Å². The molecule has 106 valence electrons. The van der Waals surface area contributed by atoms with Gasteiger partial charge in [0.05, 0.1) is 6.07 Å². The molecule has 0 radical (unpaired) electrons. The minimum absolute atomic E-state index is 0.377. The second-order valence-corrected chi connectivity index (χ2v) is 7.36. The minimum atomic E-state index is -0.377. The predicted molar refractivity (Wildman–Crippen MR) is 85.5 cm³/mol. The Labute approximate surface area is 129 Å². The number of para-hydroxylation sites is 1. The first kappa shape index (κ1) is 13.9. The minimum Gasteiger partial charge on any atom is -0.366 e. The fourth-order valence-electron chi connectivity index (χ4n) is 3.92. The van der Waals surface area contributed by atoms with E-state index < -0.39 is 0 Å². The molecule has 20 heavy (non-hydrogen) atoms. The van der Waals surface area contributed by atoms with Crippen molar-refractivity contribution < 1.29 is 0 Å². The lowest BCUT2D eigenvalue weighted by Crippen LogP contribution is -2.43. The van der Waals surface area contributed by atoms with Crippen LogP contribution in [0.5, 0.6) is 0 Å². The molecule has 2 saturated carbocycles. The van der Waals surface area contributed by atoms with Crippen LogP contribution in [0.15, 0.2) is 28.7 Å². The molecule has 0 heterocycles. The lowest BCUT2D eigenvalue weighted by Gasteiger charge is -2.42. The van der Waals surface area contributed by atoms with Crippen molar-refractivity contribution in [1.29, 1.82) is 5.26 Å². The predicted octanol–water partition coefficient (Wildman–Crippen LogP) is 5.26. The summed E-state index contributed by atoms with van der Waals surface area (Å²) in [7, 11) is 0. The normalized spacial score (nSPS) is 23.4. The number of nitriles is 1. The third kappa shape index (κ3) is 2.59. The van der Waals surface area contributed by atoms with Crippen molar-refractivity contribution in [2.75, 3.05) is 5.32 Å². The van der Waals surface area contributed by atoms with E-state index in [0.29, 0.717) is 5.41 Å². The Kier molecular flexibility index (Phi) is 3.77. The molecule has 2 aliphatic rings. The fraction of sp³-hybridized carbons (Fsp3) is 0.588. The van der Waals surface area contributed by atoms with Crippen molar-refractivity contribution in [2.24, 2.45) is 5.41 Å². The largest absolute Gasteiger partial charge is 0.366 e. The van der Waals surface area contributed by atoms with E-state index in [0.717, 1.165) is 23.0 Å². The first-order valence-corrected chi connectivity index (χ1v) is 8.40. The molecule has 0 aromatic heterocycles. The Morgan fingerprint density at radius 3 is 2.25 bits per heavy atom. The van der Waals surface area contributed by atoms with Gasteiger partial charge in [0.15, 0.2) is 0 Å². The number of hydrogen-bond donors (Lipinski definition) is 1. The summed E-state index contributed by atoms with van der Waals surface area (Å²) in [6.45, 7) is 0. The van der Waals surface area contributed by atoms with Crippen LogP contribution in [-0.2, 0) is 0 Å². The van der Waals surface area contributed by atoms with Crippen LogP contribution in [0.2, 0.25) is 0 Å². The summed E-state index contributed by atoms with van der Waals surface area (Å²) >= 11 is 3.56. The molecule has 1 N–H and O–H groups in total. The van der Waals surface area contributed by atoms with Gasteiger partial charge in [0, 0.05) is 10.2 Å². The van der Waals surface area contributed by atoms with Crippen LogP contribution < -0.4 is 5.32 Å². The molecule has 2 nitrogen and oxygen atoms in total. The van der Waals surface area contributed by atoms with Crippen LogP contribution in [-0.4, -0.2) is 5.54 Å². The van der Waals surface area contributed by atoms with Crippen LogP contribution in [0.1, 0.15) is 51.4 Å². The van der Waals surface area contributed by atoms with Crippen molar-refractivity contribution in [2.45, 2.75) is 56.9 Å². The van der Waals surface area contributed by atoms with E-state index in [-0.39, 0.29) is 5.54 Å². The monoisotopic (exact) mass is 332 g/mol. The van der Waals surface area contributed by atoms with Gasteiger partial charge < -0.3 is 5.32 Å². The second-order valence-electron chi connectivity index (χ2n) is 6.51. The molecule has 1 aromatic carbocycles. The zero-order valence-corrected chi connectivity index (χ0v) is 13.4. The van der Waals surface area contributed by atoms with Crippen LogP contribution in [0.3, 0.4) is 0 Å². The number of anilines is 1. The van der Waals surface area contributed by atoms with E-state index in [1.165, 1.54) is 38.5 Å². The number of nitrogens with zero attached hydrogens (tertiary/aromatic N) is 1. The maximum Gasteiger partial charge on any atom is 0.125 e. The highest BCUT2D eigenvalue weighted by Gasteiger charge is 2.44. The quantitative estimate of drug-likeness (QED) is 0.801. The molecule has 0 amide bonds. The summed E-state index contributed by atoms with van der Waals surface area (Å²) in [4.78, 5) is 0. The van der Waals surface area contributed by atoms with Gasteiger partial charge in [-0.05, 0) is 72.0 Å². The zero-order valence-electron chi connectivity index (χ0n) is 11.8. The van der Waals surface area contributed by atoms with E-state index >= 15 is 0 Å². The number of rotatable bonds is 2. The smallest absolute Gasteiger partial charge is 0.125 e. The third-order valence-electron chi connectivity index (χ3n) is 5.29. The van der Waals surface area contributed by atoms with E-state index in [9.17, 15) is 5.26 Å². The Bertz CT molecular complexity index is 516. The van der Waals surface area contributed by atoms with Crippen molar-refractivity contribution in [3.8, 4) is 6.07 Å². The first-order valence-electron chi connectivity index (χ1n) is 7.61. The standard InChI is InChI=1S/C17H21BrN2/c18-14-5-1-2-6-15(14)20-17(13-19)11-9-16(10-12-17)7-3-4-8-16/h1-2,5-6,20H,3-4,7-12H2. The first-order chi connectivity index (χ1) is 9.67. The molecule has 0 aliphatic heterocycles. The number of benzene rings is 1. The van der Waals surface area contributed by atoms with E-state index in [2.05, 4.69) is 27.3 Å². The van der Waals surface area contributed by atoms with Gasteiger partial charge in [0.25, 0.3) is 0 Å². The number of nitrogens with one attached hydrogen (secondary N) is 1. The highest BCUT2D eigenvalue weighted by atomic mass is 79.9. The molecule has 3 rings (SSSR count). The summed E-state index contributed by atoms with van der Waals surface area (Å²) < 4.78 is 1.04. The molecule has 0 saturated heterocycles. The Morgan fingerprint density at radius 1 is 1.00 bits per heavy atom. The SMILES string of the molecule is N#CC1(Nc2ccccc2Br)CCC2(CCCC2)CC1. The van der Waals surface area contributed by atoms with Crippen LogP contribution in [0.25, 0.3) is 0 Å². The van der Waals surface area contributed by atoms with Crippen LogP contribution in [0.4, 0.5) is 5.69 Å². The van der Waals surface area contributed by atoms with E-state index in [1.807, 2.05) is 24.3 Å². The molecule has 0 atom stereocenters. The summed E-state index contributed by atoms with van der Waals surface area (Å²) in [6.07, 6.45) is 9.90. The average Bonchev–Trinajstić information content (AvgIpc) is 2.93. The zero-order chi connectivity index (χ0) is 14.1. The van der Waals surface area contributed by atoms with Gasteiger partial charge >= 0.3 is 0 Å². The highest BCUT2D eigenvalue weighted by Crippen LogP contribution is 2.51. The van der Waals surface area contributed by atoms with Crippen molar-refractivity contribution in [3.05, 3.63) is 28.7 Å². The molecule has 3 heteroatoms. The molecule has 1 aromatic rings. The van der Waals surface area contributed by atoms with Gasteiger partial charge in [-0.2, -0.15) is 5.26 Å². The summed E-state index contributed by atoms with van der Waals surface area (Å²) in [6, 6.07) is 10.7. The third-order valence-corrected chi connectivity index (χ3v) is 5.98. The lowest BCUT2D eigenvalue weighted by molar-refractivity contribution is 0.167. The van der Waals surface area contributed by atoms with Crippen molar-refractivity contribution >= 4 is 21.6 Å². The van der Waals surface area contributed by atoms with Gasteiger partial charge in [-0.15, -0.1) is 0 Å². The molecule has 0 bridgehead atoms. The topological polar surface area (TPSA) is 35.8 Å². The molecular weight excluding hydrogens is 312 g/mol. The Balaban J connectivity index is 1.74. The lowest BCUT2D eigenvalue weighted by atomic mass is 9.67. The summed E-state index contributed by atoms with van der Waals surface area (Å²) in [5.41, 5.74) is 1.23. The summed E-state index contributed by atoms with van der Waals surface area (Å²) in [5, 5.41) is 13.2. The maximum atomic E-state index is 9.70. The number of hydrogen-bond acceptors (Lipinski definition) is 2. The maximum absolute atomic E-state index is 9.70. The Morgan fingerprint density at radius 2 is 1.65 bits per heavy atom. The van der Waals surface area contributed by atoms with Crippen molar-refractivity contribution in [3.63, 3.8) is 0 Å². The van der Waals surface area contributed by atoms with Crippen LogP contribution in [0, 0.1) is 16.7 Å². The van der Waals surface area contributed by atoms with E-state index in [1.54, 1.807) is 0 Å². The summed E-state index contributed by atoms with van der Waals surface area (Å²) in [5.74, 6) is 0. The van der Waals surface area contributed by atoms with E-state index in [4.69, 9.17) is 0 Å². The highest BCUT2D eigenvalue weighted by molar-refractivity contribution is 9.10. The van der Waals surface area contributed by atoms with Gasteiger partial charge in [0.2, 0.25) is 0 Å². The molecule has 1 spiro atoms. The van der Waals surface area contributed by atoms with Gasteiger partial charge in [-0.25, -0.2) is 0 Å². The van der Waals surface area contributed by atoms with Gasteiger partial charge in [-0.3, -0.25) is 0 Å². The van der Waals surface area contributed by atoms with Crippen molar-refractivity contribution in [1.82, 2.24) is 0 Å². The van der Waals surface area contributed by atoms with Crippen LogP contribution >= 0.6 is 15.9 Å². The second kappa shape index (κ2) is 5.41. The fourth-order valence-corrected chi connectivity index (χ4v) is 4.30. The molecule has 0 unspecified atom stereocenters. The number of halogens is 1. The molecule has 2 aliphatic carbocycles. The molecule has 2 fully saturated rings. The average molecular weight is 333 g/mol. The Hall–Kier alpha value is -1.01.